The van der Waals surface area contributed by atoms with Crippen molar-refractivity contribution in [1.82, 2.24) is 0 Å². The highest BCUT2D eigenvalue weighted by Gasteiger charge is 1.93. The predicted octanol–water partition coefficient (Wildman–Crippen LogP) is 1.01. The molecule has 0 aromatic carbocycles. The highest BCUT2D eigenvalue weighted by Crippen LogP contribution is 1.99. The quantitative estimate of drug-likeness (QED) is 0.635. The number of H-pyrrole nitrogens is 1. The highest BCUT2D eigenvalue weighted by molar-refractivity contribution is 9.10. The van der Waals surface area contributed by atoms with Gasteiger partial charge in [0, 0.05) is 29.1 Å². The third kappa shape index (κ3) is 3.53. The van der Waals surface area contributed by atoms with Gasteiger partial charge in [-0.25, -0.2) is 9.37 Å². The Hall–Kier alpha value is -0.480. The fourth-order valence-corrected chi connectivity index (χ4v) is 0.634. The molecule has 0 atom stereocenters. The highest BCUT2D eigenvalue weighted by atomic mass is 79.9. The smallest absolute Gasteiger partial charge is 0.246 e. The zero-order valence-corrected chi connectivity index (χ0v) is 7.02. The number of aromatic nitrogens is 1. The van der Waals surface area contributed by atoms with Gasteiger partial charge in [-0.3, -0.25) is 0 Å². The molecule has 0 unspecified atom stereocenters. The van der Waals surface area contributed by atoms with Crippen molar-refractivity contribution in [3.05, 3.63) is 28.7 Å². The number of hydrogen-bond donors (Lipinski definition) is 1. The summed E-state index contributed by atoms with van der Waals surface area (Å²) in [6.45, 7) is 0. The summed E-state index contributed by atoms with van der Waals surface area (Å²) in [6.07, 6.45) is 1.28. The maximum atomic E-state index is 12.0. The number of rotatable bonds is 0. The minimum Gasteiger partial charge on any atom is -0.400 e. The standard InChI is InChI=1S/C5H3BrFN.CH4O/c6-5-2-1-4(7)3-8-5;1-2/h1-3H;2H,1H3/p+1. The van der Waals surface area contributed by atoms with E-state index in [4.69, 9.17) is 5.11 Å². The van der Waals surface area contributed by atoms with Crippen LogP contribution in [0, 0.1) is 5.82 Å². The third-order valence-electron chi connectivity index (χ3n) is 0.737. The van der Waals surface area contributed by atoms with Crippen LogP contribution in [0.5, 0.6) is 0 Å². The maximum absolute atomic E-state index is 12.0. The van der Waals surface area contributed by atoms with Crippen LogP contribution in [0.15, 0.2) is 22.9 Å². The molecule has 1 rings (SSSR count). The summed E-state index contributed by atoms with van der Waals surface area (Å²) in [6, 6.07) is 2.98. The van der Waals surface area contributed by atoms with Gasteiger partial charge in [0.1, 0.15) is 0 Å². The zero-order chi connectivity index (χ0) is 7.98. The van der Waals surface area contributed by atoms with E-state index in [9.17, 15) is 4.39 Å². The minimum atomic E-state index is -0.256. The molecule has 1 heterocycles. The fraction of sp³-hybridized carbons (Fsp3) is 0.167. The average molecular weight is 209 g/mol. The lowest BCUT2D eigenvalue weighted by Gasteiger charge is -1.78. The van der Waals surface area contributed by atoms with Crippen LogP contribution < -0.4 is 4.98 Å². The lowest BCUT2D eigenvalue weighted by Crippen LogP contribution is -2.02. The van der Waals surface area contributed by atoms with Crippen molar-refractivity contribution in [2.45, 2.75) is 0 Å². The molecular weight excluding hydrogens is 201 g/mol. The topological polar surface area (TPSA) is 34.4 Å². The third-order valence-corrected chi connectivity index (χ3v) is 1.23. The second-order valence-corrected chi connectivity index (χ2v) is 2.21. The number of aliphatic hydroxyl groups excluding tert-OH is 1. The minimum absolute atomic E-state index is 0.256. The summed E-state index contributed by atoms with van der Waals surface area (Å²) >= 11 is 3.12. The molecule has 2 N–H and O–H groups in total. The predicted molar refractivity (Wildman–Crippen MR) is 38.8 cm³/mol. The molecule has 0 spiro atoms. The van der Waals surface area contributed by atoms with Crippen molar-refractivity contribution in [3.8, 4) is 0 Å². The molecule has 0 radical (unpaired) electrons. The molecule has 4 heteroatoms. The van der Waals surface area contributed by atoms with Crippen LogP contribution in [0.4, 0.5) is 4.39 Å². The molecule has 0 aliphatic carbocycles. The van der Waals surface area contributed by atoms with Crippen molar-refractivity contribution < 1.29 is 14.5 Å². The normalized spacial score (nSPS) is 8.00. The van der Waals surface area contributed by atoms with Crippen LogP contribution in [0.25, 0.3) is 0 Å². The van der Waals surface area contributed by atoms with Crippen LogP contribution in [-0.2, 0) is 0 Å². The summed E-state index contributed by atoms with van der Waals surface area (Å²) < 4.78 is 12.8. The first-order chi connectivity index (χ1) is 4.79. The Morgan fingerprint density at radius 3 is 2.40 bits per heavy atom. The fourth-order valence-electron chi connectivity index (χ4n) is 0.387. The first-order valence-corrected chi connectivity index (χ1v) is 3.36. The first kappa shape index (κ1) is 9.52. The summed E-state index contributed by atoms with van der Waals surface area (Å²) in [5.74, 6) is -0.256. The molecular formula is C6H8BrFNO+. The lowest BCUT2D eigenvalue weighted by atomic mass is 10.5. The Labute approximate surface area is 66.8 Å². The van der Waals surface area contributed by atoms with Gasteiger partial charge >= 0.3 is 0 Å². The molecule has 0 saturated heterocycles. The van der Waals surface area contributed by atoms with Gasteiger partial charge in [0.25, 0.3) is 0 Å². The van der Waals surface area contributed by atoms with Crippen molar-refractivity contribution in [2.24, 2.45) is 0 Å². The van der Waals surface area contributed by atoms with E-state index in [0.717, 1.165) is 11.7 Å². The van der Waals surface area contributed by atoms with E-state index in [0.29, 0.717) is 0 Å². The molecule has 1 aromatic heterocycles. The van der Waals surface area contributed by atoms with E-state index in [-0.39, 0.29) is 5.82 Å². The Morgan fingerprint density at radius 1 is 1.50 bits per heavy atom. The van der Waals surface area contributed by atoms with Crippen LogP contribution in [-0.4, -0.2) is 12.2 Å². The number of aliphatic hydroxyl groups is 1. The van der Waals surface area contributed by atoms with Crippen LogP contribution in [0.3, 0.4) is 0 Å². The van der Waals surface area contributed by atoms with E-state index < -0.39 is 0 Å². The van der Waals surface area contributed by atoms with Crippen molar-refractivity contribution >= 4 is 15.9 Å². The van der Waals surface area contributed by atoms with E-state index in [1.807, 2.05) is 0 Å². The second-order valence-electron chi connectivity index (χ2n) is 1.35. The number of nitrogens with one attached hydrogen (secondary N) is 1. The van der Waals surface area contributed by atoms with Crippen molar-refractivity contribution in [1.29, 1.82) is 0 Å². The van der Waals surface area contributed by atoms with Gasteiger partial charge < -0.3 is 5.11 Å². The van der Waals surface area contributed by atoms with Crippen molar-refractivity contribution in [2.75, 3.05) is 7.11 Å². The van der Waals surface area contributed by atoms with Gasteiger partial charge in [0.05, 0.1) is 0 Å². The molecule has 1 aromatic rings. The molecule has 0 bridgehead atoms. The van der Waals surface area contributed by atoms with E-state index >= 15 is 0 Å². The molecule has 0 saturated carbocycles. The Morgan fingerprint density at radius 2 is 2.10 bits per heavy atom. The molecule has 0 aliphatic rings. The second kappa shape index (κ2) is 5.32. The molecule has 0 fully saturated rings. The zero-order valence-electron chi connectivity index (χ0n) is 5.44. The maximum Gasteiger partial charge on any atom is 0.246 e. The lowest BCUT2D eigenvalue weighted by molar-refractivity contribution is -0.394. The van der Waals surface area contributed by atoms with Crippen LogP contribution >= 0.6 is 15.9 Å². The summed E-state index contributed by atoms with van der Waals surface area (Å²) in [4.78, 5) is 2.64. The van der Waals surface area contributed by atoms with E-state index in [1.165, 1.54) is 12.3 Å². The Balaban J connectivity index is 0.000000371. The van der Waals surface area contributed by atoms with Gasteiger partial charge in [0.2, 0.25) is 10.8 Å². The summed E-state index contributed by atoms with van der Waals surface area (Å²) in [7, 11) is 1.00. The summed E-state index contributed by atoms with van der Waals surface area (Å²) in [5, 5.41) is 7.00. The molecule has 0 aliphatic heterocycles. The number of halogens is 2. The van der Waals surface area contributed by atoms with E-state index in [2.05, 4.69) is 20.9 Å². The van der Waals surface area contributed by atoms with Crippen LogP contribution in [0.1, 0.15) is 0 Å². The largest absolute Gasteiger partial charge is 0.400 e. The van der Waals surface area contributed by atoms with Gasteiger partial charge in [-0.1, -0.05) is 0 Å². The SMILES string of the molecule is CO.Fc1ccc(Br)[nH+]c1. The van der Waals surface area contributed by atoms with Gasteiger partial charge in [-0.15, -0.1) is 0 Å². The molecule has 2 nitrogen and oxygen atoms in total. The van der Waals surface area contributed by atoms with Crippen molar-refractivity contribution in [3.63, 3.8) is 0 Å². The van der Waals surface area contributed by atoms with Gasteiger partial charge in [-0.2, -0.15) is 0 Å². The van der Waals surface area contributed by atoms with Gasteiger partial charge in [0.15, 0.2) is 5.82 Å². The van der Waals surface area contributed by atoms with Crippen LogP contribution in [0.2, 0.25) is 0 Å². The summed E-state index contributed by atoms with van der Waals surface area (Å²) in [5.41, 5.74) is 0. The number of pyridine rings is 1. The number of hydrogen-bond acceptors (Lipinski definition) is 1. The first-order valence-electron chi connectivity index (χ1n) is 2.56. The van der Waals surface area contributed by atoms with E-state index in [1.54, 1.807) is 6.07 Å². The Bertz CT molecular complexity index is 157. The number of aromatic amines is 1. The monoisotopic (exact) mass is 208 g/mol. The molecule has 10 heavy (non-hydrogen) atoms. The average Bonchev–Trinajstić information content (AvgIpc) is 2.00. The molecule has 0 amide bonds. The van der Waals surface area contributed by atoms with Gasteiger partial charge in [-0.05, 0) is 6.07 Å². The molecule has 56 valence electrons. The Kier molecular flexibility index (Phi) is 5.06.